The van der Waals surface area contributed by atoms with Gasteiger partial charge in [-0.2, -0.15) is 5.10 Å². The van der Waals surface area contributed by atoms with Crippen molar-refractivity contribution in [2.45, 2.75) is 65.4 Å². The Morgan fingerprint density at radius 2 is 1.71 bits per heavy atom. The standard InChI is InChI=1S/C32H37N3O6S/c1-4-6-19-40-24-15-11-22(12-16-24)20-33-35-29(36)21(3)41-25-17-13-23(14-18-25)30(37)34-31-28(32(38)39-5-2)26-9-7-8-10-27(26)42-31/h11-18,20-21H,4-10,19H2,1-3H3,(H,34,37)(H,35,36)/b33-20+. The number of anilines is 1. The summed E-state index contributed by atoms with van der Waals surface area (Å²) in [5.74, 6) is 0.0578. The van der Waals surface area contributed by atoms with Gasteiger partial charge in [-0.05, 0) is 106 Å². The van der Waals surface area contributed by atoms with Crippen LogP contribution in [0.15, 0.2) is 53.6 Å². The summed E-state index contributed by atoms with van der Waals surface area (Å²) in [5, 5.41) is 7.44. The summed E-state index contributed by atoms with van der Waals surface area (Å²) in [5.41, 5.74) is 5.16. The van der Waals surface area contributed by atoms with Crippen molar-refractivity contribution in [2.75, 3.05) is 18.5 Å². The largest absolute Gasteiger partial charge is 0.494 e. The smallest absolute Gasteiger partial charge is 0.341 e. The maximum absolute atomic E-state index is 13.0. The molecule has 0 saturated carbocycles. The van der Waals surface area contributed by atoms with Crippen molar-refractivity contribution >= 4 is 40.3 Å². The molecule has 2 amide bonds. The number of hydrogen-bond donors (Lipinski definition) is 2. The van der Waals surface area contributed by atoms with Crippen LogP contribution in [0.2, 0.25) is 0 Å². The zero-order valence-corrected chi connectivity index (χ0v) is 25.1. The first kappa shape index (κ1) is 30.8. The normalized spacial score (nSPS) is 13.2. The molecule has 1 aliphatic rings. The van der Waals surface area contributed by atoms with E-state index in [0.717, 1.165) is 60.3 Å². The van der Waals surface area contributed by atoms with Crippen LogP contribution in [-0.4, -0.2) is 43.3 Å². The van der Waals surface area contributed by atoms with Gasteiger partial charge in [0.15, 0.2) is 6.10 Å². The molecule has 4 rings (SSSR count). The summed E-state index contributed by atoms with van der Waals surface area (Å²) in [6.07, 6.45) is 6.59. The number of carbonyl (C=O) groups excluding carboxylic acids is 3. The van der Waals surface area contributed by atoms with E-state index in [1.165, 1.54) is 11.3 Å². The quantitative estimate of drug-likeness (QED) is 0.107. The average Bonchev–Trinajstić information content (AvgIpc) is 3.36. The lowest BCUT2D eigenvalue weighted by atomic mass is 9.95. The SMILES string of the molecule is CCCCOc1ccc(/C=N/NC(=O)C(C)Oc2ccc(C(=O)Nc3sc4c(c3C(=O)OCC)CCCC4)cc2)cc1. The van der Waals surface area contributed by atoms with Gasteiger partial charge in [-0.1, -0.05) is 13.3 Å². The lowest BCUT2D eigenvalue weighted by molar-refractivity contribution is -0.127. The Bertz CT molecular complexity index is 1400. The fraction of sp³-hybridized carbons (Fsp3) is 0.375. The zero-order valence-electron chi connectivity index (χ0n) is 24.2. The molecule has 0 saturated heterocycles. The Morgan fingerprint density at radius 1 is 1.00 bits per heavy atom. The number of hydrogen-bond acceptors (Lipinski definition) is 8. The van der Waals surface area contributed by atoms with Crippen molar-refractivity contribution in [1.82, 2.24) is 5.43 Å². The summed E-state index contributed by atoms with van der Waals surface area (Å²) < 4.78 is 16.7. The van der Waals surface area contributed by atoms with Gasteiger partial charge in [0.1, 0.15) is 16.5 Å². The van der Waals surface area contributed by atoms with Crippen LogP contribution in [-0.2, 0) is 22.4 Å². The number of nitrogens with zero attached hydrogens (tertiary/aromatic N) is 1. The van der Waals surface area contributed by atoms with Crippen molar-refractivity contribution in [1.29, 1.82) is 0 Å². The van der Waals surface area contributed by atoms with Crippen molar-refractivity contribution < 1.29 is 28.6 Å². The monoisotopic (exact) mass is 591 g/mol. The Morgan fingerprint density at radius 3 is 2.43 bits per heavy atom. The van der Waals surface area contributed by atoms with Crippen LogP contribution in [0, 0.1) is 0 Å². The van der Waals surface area contributed by atoms with Gasteiger partial charge in [0.2, 0.25) is 0 Å². The molecule has 2 aromatic carbocycles. The average molecular weight is 592 g/mol. The minimum absolute atomic E-state index is 0.268. The highest BCUT2D eigenvalue weighted by atomic mass is 32.1. The topological polar surface area (TPSA) is 115 Å². The van der Waals surface area contributed by atoms with E-state index < -0.39 is 18.0 Å². The number of fused-ring (bicyclic) bond motifs is 1. The summed E-state index contributed by atoms with van der Waals surface area (Å²) >= 11 is 1.44. The number of amides is 2. The van der Waals surface area contributed by atoms with Crippen molar-refractivity contribution in [3.63, 3.8) is 0 Å². The van der Waals surface area contributed by atoms with E-state index in [4.69, 9.17) is 14.2 Å². The molecule has 3 aromatic rings. The van der Waals surface area contributed by atoms with Gasteiger partial charge in [0.25, 0.3) is 11.8 Å². The molecule has 0 fully saturated rings. The number of thiophene rings is 1. The number of aryl methyl sites for hydroxylation is 1. The number of benzene rings is 2. The van der Waals surface area contributed by atoms with Gasteiger partial charge < -0.3 is 19.5 Å². The molecule has 0 aliphatic heterocycles. The van der Waals surface area contributed by atoms with Crippen LogP contribution in [0.25, 0.3) is 0 Å². The molecule has 10 heteroatoms. The zero-order chi connectivity index (χ0) is 29.9. The fourth-order valence-electron chi connectivity index (χ4n) is 4.44. The summed E-state index contributed by atoms with van der Waals surface area (Å²) in [6.45, 7) is 6.44. The minimum Gasteiger partial charge on any atom is -0.494 e. The second kappa shape index (κ2) is 15.2. The number of esters is 1. The first-order valence-corrected chi connectivity index (χ1v) is 15.2. The molecule has 1 unspecified atom stereocenters. The summed E-state index contributed by atoms with van der Waals surface area (Å²) in [4.78, 5) is 39.3. The Labute approximate surface area is 250 Å². The number of rotatable bonds is 13. The molecule has 0 radical (unpaired) electrons. The van der Waals surface area contributed by atoms with Gasteiger partial charge in [-0.25, -0.2) is 10.2 Å². The molecule has 42 heavy (non-hydrogen) atoms. The molecule has 2 N–H and O–H groups in total. The molecule has 9 nitrogen and oxygen atoms in total. The third-order valence-corrected chi connectivity index (χ3v) is 7.92. The Hall–Kier alpha value is -4.18. The van der Waals surface area contributed by atoms with E-state index in [1.807, 2.05) is 24.3 Å². The Balaban J connectivity index is 1.30. The van der Waals surface area contributed by atoms with Gasteiger partial charge in [0, 0.05) is 10.4 Å². The van der Waals surface area contributed by atoms with E-state index in [2.05, 4.69) is 22.8 Å². The maximum Gasteiger partial charge on any atom is 0.341 e. The van der Waals surface area contributed by atoms with Crippen LogP contribution in [0.4, 0.5) is 5.00 Å². The third-order valence-electron chi connectivity index (χ3n) is 6.71. The van der Waals surface area contributed by atoms with Gasteiger partial charge in [-0.15, -0.1) is 11.3 Å². The van der Waals surface area contributed by atoms with Crippen LogP contribution < -0.4 is 20.2 Å². The van der Waals surface area contributed by atoms with E-state index in [0.29, 0.717) is 28.5 Å². The number of ether oxygens (including phenoxy) is 3. The van der Waals surface area contributed by atoms with Crippen molar-refractivity contribution in [3.05, 3.63) is 75.7 Å². The highest BCUT2D eigenvalue weighted by Gasteiger charge is 2.27. The van der Waals surface area contributed by atoms with Gasteiger partial charge in [-0.3, -0.25) is 9.59 Å². The van der Waals surface area contributed by atoms with E-state index >= 15 is 0 Å². The lowest BCUT2D eigenvalue weighted by Crippen LogP contribution is -2.33. The van der Waals surface area contributed by atoms with Crippen molar-refractivity contribution in [3.8, 4) is 11.5 Å². The third kappa shape index (κ3) is 8.19. The molecule has 0 spiro atoms. The molecule has 222 valence electrons. The first-order chi connectivity index (χ1) is 20.4. The minimum atomic E-state index is -0.819. The second-order valence-electron chi connectivity index (χ2n) is 9.88. The summed E-state index contributed by atoms with van der Waals surface area (Å²) in [7, 11) is 0. The Kier molecular flexibility index (Phi) is 11.1. The predicted molar refractivity (Wildman–Crippen MR) is 164 cm³/mol. The molecular weight excluding hydrogens is 554 g/mol. The van der Waals surface area contributed by atoms with Crippen LogP contribution >= 0.6 is 11.3 Å². The molecule has 1 aliphatic carbocycles. The first-order valence-electron chi connectivity index (χ1n) is 14.3. The van der Waals surface area contributed by atoms with Crippen LogP contribution in [0.5, 0.6) is 11.5 Å². The van der Waals surface area contributed by atoms with E-state index in [-0.39, 0.29) is 12.5 Å². The lowest BCUT2D eigenvalue weighted by Gasteiger charge is -2.13. The van der Waals surface area contributed by atoms with E-state index in [9.17, 15) is 14.4 Å². The van der Waals surface area contributed by atoms with Crippen LogP contribution in [0.1, 0.15) is 83.2 Å². The predicted octanol–water partition coefficient (Wildman–Crippen LogP) is 6.15. The molecule has 1 heterocycles. The number of unbranched alkanes of at least 4 members (excludes halogenated alkanes) is 1. The fourth-order valence-corrected chi connectivity index (χ4v) is 5.71. The number of hydrazone groups is 1. The maximum atomic E-state index is 13.0. The number of nitrogens with one attached hydrogen (secondary N) is 2. The molecule has 1 atom stereocenters. The highest BCUT2D eigenvalue weighted by molar-refractivity contribution is 7.17. The molecular formula is C32H37N3O6S. The molecule has 1 aromatic heterocycles. The number of carbonyl (C=O) groups is 3. The van der Waals surface area contributed by atoms with Crippen LogP contribution in [0.3, 0.4) is 0 Å². The second-order valence-corrected chi connectivity index (χ2v) is 11.0. The summed E-state index contributed by atoms with van der Waals surface area (Å²) in [6, 6.07) is 13.9. The van der Waals surface area contributed by atoms with Crippen molar-refractivity contribution in [2.24, 2.45) is 5.10 Å². The highest BCUT2D eigenvalue weighted by Crippen LogP contribution is 2.38. The van der Waals surface area contributed by atoms with E-state index in [1.54, 1.807) is 44.3 Å². The van der Waals surface area contributed by atoms with Gasteiger partial charge in [0.05, 0.1) is 25.0 Å². The molecule has 0 bridgehead atoms. The van der Waals surface area contributed by atoms with Gasteiger partial charge >= 0.3 is 5.97 Å².